The molecule has 30 heavy (non-hydrogen) atoms. The Balaban J connectivity index is 1.57. The molecule has 0 saturated carbocycles. The number of hydrogen-bond acceptors (Lipinski definition) is 6. The fourth-order valence-electron chi connectivity index (χ4n) is 4.02. The summed E-state index contributed by atoms with van der Waals surface area (Å²) < 4.78 is 27.4. The van der Waals surface area contributed by atoms with E-state index in [1.807, 2.05) is 34.6 Å². The zero-order valence-electron chi connectivity index (χ0n) is 17.3. The normalized spacial score (nSPS) is 23.5. The van der Waals surface area contributed by atoms with Crippen molar-refractivity contribution in [2.45, 2.75) is 45.1 Å². The Kier molecular flexibility index (Phi) is 5.70. The van der Waals surface area contributed by atoms with Crippen LogP contribution in [-0.4, -0.2) is 58.7 Å². The molecule has 2 aromatic heterocycles. The molecule has 8 nitrogen and oxygen atoms in total. The van der Waals surface area contributed by atoms with E-state index < -0.39 is 0 Å². The van der Waals surface area contributed by atoms with Crippen molar-refractivity contribution in [2.24, 2.45) is 0 Å². The van der Waals surface area contributed by atoms with Crippen molar-refractivity contribution in [3.63, 3.8) is 0 Å². The highest BCUT2D eigenvalue weighted by Gasteiger charge is 2.23. The molecule has 2 atom stereocenters. The predicted octanol–water partition coefficient (Wildman–Crippen LogP) is 3.41. The molecule has 4 heterocycles. The second kappa shape index (κ2) is 8.75. The molecule has 5 rings (SSSR count). The average molecular weight is 412 g/mol. The van der Waals surface area contributed by atoms with Gasteiger partial charge in [0.25, 0.3) is 0 Å². The molecule has 160 valence electrons. The van der Waals surface area contributed by atoms with Crippen LogP contribution in [0.3, 0.4) is 0 Å². The molecule has 2 aliphatic rings. The van der Waals surface area contributed by atoms with Crippen LogP contribution in [0.15, 0.2) is 30.5 Å². The summed E-state index contributed by atoms with van der Waals surface area (Å²) in [5.41, 5.74) is 2.72. The highest BCUT2D eigenvalue weighted by molar-refractivity contribution is 5.93. The molecule has 1 unspecified atom stereocenters. The van der Waals surface area contributed by atoms with Crippen molar-refractivity contribution < 1.29 is 18.9 Å². The lowest BCUT2D eigenvalue weighted by atomic mass is 10.1. The van der Waals surface area contributed by atoms with Gasteiger partial charge in [-0.3, -0.25) is 4.68 Å². The highest BCUT2D eigenvalue weighted by atomic mass is 16.5. The van der Waals surface area contributed by atoms with Gasteiger partial charge in [0.15, 0.2) is 6.23 Å². The van der Waals surface area contributed by atoms with Gasteiger partial charge in [0.1, 0.15) is 23.2 Å². The summed E-state index contributed by atoms with van der Waals surface area (Å²) in [6, 6.07) is 8.13. The van der Waals surface area contributed by atoms with Crippen LogP contribution in [0.4, 0.5) is 0 Å². The Hall–Kier alpha value is -2.42. The quantitative estimate of drug-likeness (QED) is 0.610. The van der Waals surface area contributed by atoms with E-state index in [9.17, 15) is 0 Å². The van der Waals surface area contributed by atoms with Gasteiger partial charge in [-0.25, -0.2) is 4.68 Å². The van der Waals surface area contributed by atoms with Gasteiger partial charge in [-0.05, 0) is 50.5 Å². The van der Waals surface area contributed by atoms with E-state index >= 15 is 0 Å². The first-order chi connectivity index (χ1) is 14.8. The van der Waals surface area contributed by atoms with E-state index in [0.717, 1.165) is 53.9 Å². The van der Waals surface area contributed by atoms with Crippen LogP contribution in [0.2, 0.25) is 0 Å². The molecule has 1 fully saturated rings. The van der Waals surface area contributed by atoms with E-state index in [1.165, 1.54) is 0 Å². The molecule has 3 aromatic rings. The molecule has 8 heteroatoms. The monoisotopic (exact) mass is 412 g/mol. The molecule has 2 aliphatic heterocycles. The molecule has 1 saturated heterocycles. The molecule has 0 aliphatic carbocycles. The van der Waals surface area contributed by atoms with E-state index in [2.05, 4.69) is 12.1 Å². The summed E-state index contributed by atoms with van der Waals surface area (Å²) in [6.07, 6.45) is 5.09. The van der Waals surface area contributed by atoms with Crippen LogP contribution >= 0.6 is 0 Å². The number of ether oxygens (including phenoxy) is 4. The van der Waals surface area contributed by atoms with E-state index in [4.69, 9.17) is 29.1 Å². The van der Waals surface area contributed by atoms with Gasteiger partial charge < -0.3 is 18.9 Å². The molecule has 1 aromatic carbocycles. The van der Waals surface area contributed by atoms with E-state index in [-0.39, 0.29) is 12.3 Å². The Morgan fingerprint density at radius 2 is 1.93 bits per heavy atom. The van der Waals surface area contributed by atoms with Gasteiger partial charge in [0.2, 0.25) is 0 Å². The van der Waals surface area contributed by atoms with Gasteiger partial charge in [0.05, 0.1) is 38.5 Å². The highest BCUT2D eigenvalue weighted by Crippen LogP contribution is 2.34. The van der Waals surface area contributed by atoms with Crippen LogP contribution in [-0.2, 0) is 20.8 Å². The van der Waals surface area contributed by atoms with Gasteiger partial charge in [-0.15, -0.1) is 0 Å². The van der Waals surface area contributed by atoms with E-state index in [1.54, 1.807) is 0 Å². The topological polar surface area (TPSA) is 72.6 Å². The van der Waals surface area contributed by atoms with E-state index in [0.29, 0.717) is 33.0 Å². The minimum Gasteiger partial charge on any atom is -0.488 e. The van der Waals surface area contributed by atoms with Crippen LogP contribution < -0.4 is 4.74 Å². The first-order valence-electron chi connectivity index (χ1n) is 10.8. The largest absolute Gasteiger partial charge is 0.488 e. The van der Waals surface area contributed by atoms with Crippen LogP contribution in [0.1, 0.15) is 32.4 Å². The van der Waals surface area contributed by atoms with Crippen molar-refractivity contribution >= 4 is 10.9 Å². The number of benzene rings is 1. The Morgan fingerprint density at radius 1 is 1.00 bits per heavy atom. The van der Waals surface area contributed by atoms with Crippen molar-refractivity contribution in [2.75, 3.05) is 33.0 Å². The molecular weight excluding hydrogens is 384 g/mol. The molecule has 0 radical (unpaired) electrons. The number of fused-ring (bicyclic) bond motifs is 4. The zero-order valence-corrected chi connectivity index (χ0v) is 17.3. The Labute approximate surface area is 175 Å². The summed E-state index contributed by atoms with van der Waals surface area (Å²) in [4.78, 5) is 0. The first kappa shape index (κ1) is 19.5. The van der Waals surface area contributed by atoms with Gasteiger partial charge in [0, 0.05) is 18.2 Å². The summed E-state index contributed by atoms with van der Waals surface area (Å²) in [6.45, 7) is 5.69. The number of hydrogen-bond donors (Lipinski definition) is 0. The SMILES string of the molecule is C[C@H]1COCCOCCn2ccc(n2)-c2nn(C3CCCCO3)c3ccc(cc23)O1. The Bertz CT molecular complexity index is 992. The molecule has 0 amide bonds. The number of aromatic nitrogens is 4. The summed E-state index contributed by atoms with van der Waals surface area (Å²) in [7, 11) is 0. The smallest absolute Gasteiger partial charge is 0.150 e. The minimum atomic E-state index is -0.0604. The third-order valence-corrected chi connectivity index (χ3v) is 5.52. The standard InChI is InChI=1S/C22H28N4O4/c1-16-15-28-13-12-27-11-9-25-8-7-19(23-25)22-18-14-17(30-16)5-6-20(18)26(24-22)21-4-2-3-10-29-21/h5-8,14,16,21H,2-4,9-13,15H2,1H3/t16-,21?/m0/s1. The fourth-order valence-corrected chi connectivity index (χ4v) is 4.02. The zero-order chi connectivity index (χ0) is 20.3. The number of rotatable bonds is 1. The van der Waals surface area contributed by atoms with Crippen LogP contribution in [0.5, 0.6) is 5.75 Å². The third-order valence-electron chi connectivity index (χ3n) is 5.52. The molecule has 0 N–H and O–H groups in total. The summed E-state index contributed by atoms with van der Waals surface area (Å²) in [5, 5.41) is 10.7. The van der Waals surface area contributed by atoms with Crippen LogP contribution in [0.25, 0.3) is 22.3 Å². The van der Waals surface area contributed by atoms with Gasteiger partial charge in [-0.1, -0.05) is 0 Å². The lowest BCUT2D eigenvalue weighted by Crippen LogP contribution is -2.21. The lowest BCUT2D eigenvalue weighted by molar-refractivity contribution is -0.0365. The van der Waals surface area contributed by atoms with Crippen molar-refractivity contribution in [3.05, 3.63) is 30.5 Å². The first-order valence-corrected chi connectivity index (χ1v) is 10.8. The molecule has 0 spiro atoms. The summed E-state index contributed by atoms with van der Waals surface area (Å²) >= 11 is 0. The summed E-state index contributed by atoms with van der Waals surface area (Å²) in [5.74, 6) is 0.798. The molecule has 4 bridgehead atoms. The number of nitrogens with zero attached hydrogens (tertiary/aromatic N) is 4. The van der Waals surface area contributed by atoms with Crippen molar-refractivity contribution in [3.8, 4) is 17.1 Å². The van der Waals surface area contributed by atoms with Gasteiger partial charge in [-0.2, -0.15) is 10.2 Å². The Morgan fingerprint density at radius 3 is 2.83 bits per heavy atom. The maximum absolute atomic E-state index is 6.11. The second-order valence-electron chi connectivity index (χ2n) is 7.87. The minimum absolute atomic E-state index is 0.0429. The maximum Gasteiger partial charge on any atom is 0.150 e. The fraction of sp³-hybridized carbons (Fsp3) is 0.545. The van der Waals surface area contributed by atoms with Crippen molar-refractivity contribution in [1.82, 2.24) is 19.6 Å². The predicted molar refractivity (Wildman–Crippen MR) is 112 cm³/mol. The lowest BCUT2D eigenvalue weighted by Gasteiger charge is -2.23. The maximum atomic E-state index is 6.11. The molecular formula is C22H28N4O4. The second-order valence-corrected chi connectivity index (χ2v) is 7.87. The van der Waals surface area contributed by atoms with Gasteiger partial charge >= 0.3 is 0 Å². The average Bonchev–Trinajstić information content (AvgIpc) is 3.37. The third kappa shape index (κ3) is 4.08. The van der Waals surface area contributed by atoms with Crippen molar-refractivity contribution in [1.29, 1.82) is 0 Å². The van der Waals surface area contributed by atoms with Crippen LogP contribution in [0, 0.1) is 0 Å².